The lowest BCUT2D eigenvalue weighted by Gasteiger charge is -2.19. The number of rotatable bonds is 1. The minimum atomic E-state index is -0.924. The van der Waals surface area contributed by atoms with Crippen LogP contribution in [0.25, 0.3) is 0 Å². The van der Waals surface area contributed by atoms with Crippen molar-refractivity contribution >= 4 is 22.0 Å². The molecular weight excluding hydrogens is 270 g/mol. The third-order valence-corrected chi connectivity index (χ3v) is 4.22. The third-order valence-electron chi connectivity index (χ3n) is 3.73. The first-order chi connectivity index (χ1) is 7.61. The van der Waals surface area contributed by atoms with Crippen LogP contribution in [0.3, 0.4) is 0 Å². The van der Waals surface area contributed by atoms with Crippen LogP contribution in [0.1, 0.15) is 30.0 Å². The van der Waals surface area contributed by atoms with Crippen molar-refractivity contribution in [3.05, 3.63) is 33.8 Å². The normalized spacial score (nSPS) is 24.2. The van der Waals surface area contributed by atoms with E-state index >= 15 is 0 Å². The molecule has 16 heavy (non-hydrogen) atoms. The SMILES string of the molecule is O=C(O)NC1c2ccc(Br)cc2CC12CC2. The standard InChI is InChI=1S/C12H12BrNO2/c13-8-1-2-9-7(5-8)6-12(3-4-12)10(9)14-11(15)16/h1-2,5,10,14H,3-4,6H2,(H,15,16). The highest BCUT2D eigenvalue weighted by Gasteiger charge is 2.55. The Hall–Kier alpha value is -1.03. The minimum absolute atomic E-state index is 0.00639. The minimum Gasteiger partial charge on any atom is -0.465 e. The number of hydrogen-bond donors (Lipinski definition) is 2. The molecular formula is C12H12BrNO2. The van der Waals surface area contributed by atoms with Crippen LogP contribution >= 0.6 is 15.9 Å². The number of carboxylic acid groups (broad SMARTS) is 1. The van der Waals surface area contributed by atoms with E-state index in [0.29, 0.717) is 0 Å². The molecule has 1 saturated carbocycles. The number of carbonyl (C=O) groups is 1. The van der Waals surface area contributed by atoms with E-state index in [4.69, 9.17) is 5.11 Å². The van der Waals surface area contributed by atoms with E-state index in [1.165, 1.54) is 5.56 Å². The van der Waals surface area contributed by atoms with Crippen molar-refractivity contribution in [3.8, 4) is 0 Å². The highest BCUT2D eigenvalue weighted by molar-refractivity contribution is 9.10. The summed E-state index contributed by atoms with van der Waals surface area (Å²) in [6, 6.07) is 6.12. The number of amides is 1. The van der Waals surface area contributed by atoms with Crippen LogP contribution in [0, 0.1) is 5.41 Å². The van der Waals surface area contributed by atoms with E-state index in [1.807, 2.05) is 12.1 Å². The third kappa shape index (κ3) is 1.44. The molecule has 1 atom stereocenters. The molecule has 3 rings (SSSR count). The molecule has 0 aromatic heterocycles. The van der Waals surface area contributed by atoms with E-state index in [2.05, 4.69) is 27.3 Å². The number of fused-ring (bicyclic) bond motifs is 1. The van der Waals surface area contributed by atoms with Crippen molar-refractivity contribution in [1.29, 1.82) is 0 Å². The lowest BCUT2D eigenvalue weighted by atomic mass is 9.98. The van der Waals surface area contributed by atoms with Crippen LogP contribution in [0.15, 0.2) is 22.7 Å². The first-order valence-electron chi connectivity index (χ1n) is 5.38. The summed E-state index contributed by atoms with van der Waals surface area (Å²) in [7, 11) is 0. The van der Waals surface area contributed by atoms with E-state index in [1.54, 1.807) is 0 Å². The van der Waals surface area contributed by atoms with Gasteiger partial charge in [-0.15, -0.1) is 0 Å². The molecule has 1 amide bonds. The van der Waals surface area contributed by atoms with Gasteiger partial charge in [0.15, 0.2) is 0 Å². The van der Waals surface area contributed by atoms with Crippen LogP contribution in [0.5, 0.6) is 0 Å². The Labute approximate surface area is 102 Å². The summed E-state index contributed by atoms with van der Waals surface area (Å²) in [5.74, 6) is 0. The molecule has 0 radical (unpaired) electrons. The highest BCUT2D eigenvalue weighted by atomic mass is 79.9. The van der Waals surface area contributed by atoms with Gasteiger partial charge in [0.05, 0.1) is 6.04 Å². The molecule has 2 aliphatic carbocycles. The van der Waals surface area contributed by atoms with Gasteiger partial charge in [-0.3, -0.25) is 0 Å². The number of nitrogens with one attached hydrogen (secondary N) is 1. The van der Waals surface area contributed by atoms with Gasteiger partial charge in [0.2, 0.25) is 0 Å². The van der Waals surface area contributed by atoms with Crippen molar-refractivity contribution < 1.29 is 9.90 Å². The monoisotopic (exact) mass is 281 g/mol. The van der Waals surface area contributed by atoms with Gasteiger partial charge in [0, 0.05) is 4.47 Å². The molecule has 2 N–H and O–H groups in total. The fourth-order valence-corrected chi connectivity index (χ4v) is 3.21. The Morgan fingerprint density at radius 2 is 2.25 bits per heavy atom. The molecule has 1 aromatic carbocycles. The quantitative estimate of drug-likeness (QED) is 0.831. The Morgan fingerprint density at radius 3 is 2.88 bits per heavy atom. The van der Waals surface area contributed by atoms with Crippen LogP contribution in [0.2, 0.25) is 0 Å². The zero-order valence-corrected chi connectivity index (χ0v) is 10.3. The van der Waals surface area contributed by atoms with Gasteiger partial charge in [0.1, 0.15) is 0 Å². The summed E-state index contributed by atoms with van der Waals surface area (Å²) in [6.45, 7) is 0. The number of benzene rings is 1. The maximum Gasteiger partial charge on any atom is 0.405 e. The first kappa shape index (κ1) is 10.1. The van der Waals surface area contributed by atoms with Crippen molar-refractivity contribution in [2.24, 2.45) is 5.41 Å². The summed E-state index contributed by atoms with van der Waals surface area (Å²) >= 11 is 3.46. The molecule has 1 aromatic rings. The zero-order valence-electron chi connectivity index (χ0n) is 8.66. The van der Waals surface area contributed by atoms with Gasteiger partial charge in [-0.25, -0.2) is 4.79 Å². The van der Waals surface area contributed by atoms with Gasteiger partial charge in [-0.05, 0) is 47.9 Å². The highest BCUT2D eigenvalue weighted by Crippen LogP contribution is 2.62. The maximum absolute atomic E-state index is 10.8. The summed E-state index contributed by atoms with van der Waals surface area (Å²) in [6.07, 6.45) is 2.34. The summed E-state index contributed by atoms with van der Waals surface area (Å²) in [5.41, 5.74) is 2.62. The van der Waals surface area contributed by atoms with Gasteiger partial charge in [-0.2, -0.15) is 0 Å². The van der Waals surface area contributed by atoms with Crippen LogP contribution in [-0.2, 0) is 6.42 Å². The fourth-order valence-electron chi connectivity index (χ4n) is 2.80. The summed E-state index contributed by atoms with van der Waals surface area (Å²) in [5, 5.41) is 11.6. The van der Waals surface area contributed by atoms with Gasteiger partial charge in [-0.1, -0.05) is 22.0 Å². The number of hydrogen-bond acceptors (Lipinski definition) is 1. The average molecular weight is 282 g/mol. The fraction of sp³-hybridized carbons (Fsp3) is 0.417. The first-order valence-corrected chi connectivity index (χ1v) is 6.18. The molecule has 84 valence electrons. The second-order valence-corrected chi connectivity index (χ2v) is 5.68. The molecule has 1 unspecified atom stereocenters. The van der Waals surface area contributed by atoms with Crippen molar-refractivity contribution in [2.45, 2.75) is 25.3 Å². The molecule has 2 aliphatic rings. The van der Waals surface area contributed by atoms with E-state index < -0.39 is 6.09 Å². The zero-order chi connectivity index (χ0) is 11.3. The average Bonchev–Trinajstić information content (AvgIpc) is 2.89. The Morgan fingerprint density at radius 1 is 1.50 bits per heavy atom. The van der Waals surface area contributed by atoms with Crippen LogP contribution in [-0.4, -0.2) is 11.2 Å². The predicted octanol–water partition coefficient (Wildman–Crippen LogP) is 3.09. The lowest BCUT2D eigenvalue weighted by molar-refractivity contribution is 0.184. The lowest BCUT2D eigenvalue weighted by Crippen LogP contribution is -2.30. The smallest absolute Gasteiger partial charge is 0.405 e. The van der Waals surface area contributed by atoms with Crippen molar-refractivity contribution in [3.63, 3.8) is 0 Å². The van der Waals surface area contributed by atoms with Crippen molar-refractivity contribution in [2.75, 3.05) is 0 Å². The molecule has 4 heteroatoms. The maximum atomic E-state index is 10.8. The molecule has 0 aliphatic heterocycles. The Bertz CT molecular complexity index is 468. The van der Waals surface area contributed by atoms with Gasteiger partial charge >= 0.3 is 6.09 Å². The second kappa shape index (κ2) is 3.23. The second-order valence-electron chi connectivity index (χ2n) is 4.76. The van der Waals surface area contributed by atoms with Crippen LogP contribution < -0.4 is 5.32 Å². The molecule has 0 heterocycles. The Balaban J connectivity index is 2.01. The van der Waals surface area contributed by atoms with E-state index in [0.717, 1.165) is 29.3 Å². The predicted molar refractivity (Wildman–Crippen MR) is 63.4 cm³/mol. The molecule has 0 bridgehead atoms. The molecule has 0 saturated heterocycles. The van der Waals surface area contributed by atoms with Gasteiger partial charge < -0.3 is 10.4 Å². The van der Waals surface area contributed by atoms with Gasteiger partial charge in [0.25, 0.3) is 0 Å². The number of halogens is 1. The summed E-state index contributed by atoms with van der Waals surface area (Å²) < 4.78 is 1.07. The molecule has 3 nitrogen and oxygen atoms in total. The van der Waals surface area contributed by atoms with Crippen molar-refractivity contribution in [1.82, 2.24) is 5.32 Å². The van der Waals surface area contributed by atoms with E-state index in [9.17, 15) is 4.79 Å². The van der Waals surface area contributed by atoms with Crippen LogP contribution in [0.4, 0.5) is 4.79 Å². The topological polar surface area (TPSA) is 49.3 Å². The van der Waals surface area contributed by atoms with E-state index in [-0.39, 0.29) is 11.5 Å². The Kier molecular flexibility index (Phi) is 2.05. The molecule has 1 fully saturated rings. The largest absolute Gasteiger partial charge is 0.465 e. The molecule has 1 spiro atoms. The summed E-state index contributed by atoms with van der Waals surface area (Å²) in [4.78, 5) is 10.8.